The second-order valence-electron chi connectivity index (χ2n) is 3.94. The number of alkyl halides is 2. The minimum atomic E-state index is -4.60. The Morgan fingerprint density at radius 1 is 1.05 bits per heavy atom. The number of hydrogen-bond donors (Lipinski definition) is 0. The van der Waals surface area contributed by atoms with Crippen LogP contribution >= 0.6 is 0 Å². The second kappa shape index (κ2) is 4.69. The van der Waals surface area contributed by atoms with E-state index < -0.39 is 39.7 Å². The van der Waals surface area contributed by atoms with Crippen molar-refractivity contribution in [3.63, 3.8) is 0 Å². The van der Waals surface area contributed by atoms with Crippen molar-refractivity contribution in [1.82, 2.24) is 4.90 Å². The van der Waals surface area contributed by atoms with Gasteiger partial charge >= 0.3 is 5.76 Å². The third-order valence-corrected chi connectivity index (χ3v) is 4.04. The van der Waals surface area contributed by atoms with Crippen LogP contribution in [0.15, 0.2) is 24.3 Å². The van der Waals surface area contributed by atoms with E-state index in [-0.39, 0.29) is 11.1 Å². The molecule has 2 rings (SSSR count). The Hall–Kier alpha value is -1.83. The zero-order valence-electron chi connectivity index (χ0n) is 9.55. The van der Waals surface area contributed by atoms with Crippen LogP contribution in [-0.4, -0.2) is 43.2 Å². The summed E-state index contributed by atoms with van der Waals surface area (Å²) in [4.78, 5) is 24.3. The summed E-state index contributed by atoms with van der Waals surface area (Å²) in [6, 6.07) is 5.97. The lowest BCUT2D eigenvalue weighted by Crippen LogP contribution is -2.35. The van der Waals surface area contributed by atoms with E-state index in [9.17, 15) is 26.8 Å². The molecule has 0 radical (unpaired) electrons. The van der Waals surface area contributed by atoms with Gasteiger partial charge in [-0.15, -0.1) is 0 Å². The van der Waals surface area contributed by atoms with Gasteiger partial charge in [0.05, 0.1) is 16.9 Å². The summed E-state index contributed by atoms with van der Waals surface area (Å²) in [6.45, 7) is -0.570. The van der Waals surface area contributed by atoms with E-state index in [1.165, 1.54) is 12.1 Å². The largest absolute Gasteiger partial charge is 0.336 e. The zero-order chi connectivity index (χ0) is 14.2. The molecule has 102 valence electrons. The quantitative estimate of drug-likeness (QED) is 0.773. The number of carbonyl (C=O) groups is 2. The van der Waals surface area contributed by atoms with Crippen molar-refractivity contribution >= 4 is 21.7 Å². The molecule has 1 aromatic rings. The Labute approximate surface area is 107 Å². The predicted octanol–water partition coefficient (Wildman–Crippen LogP) is 0.920. The lowest BCUT2D eigenvalue weighted by molar-refractivity contribution is 0.0663. The van der Waals surface area contributed by atoms with Gasteiger partial charge in [-0.05, 0) is 12.1 Å². The van der Waals surface area contributed by atoms with Crippen molar-refractivity contribution < 1.29 is 26.8 Å². The van der Waals surface area contributed by atoms with E-state index in [1.807, 2.05) is 0 Å². The van der Waals surface area contributed by atoms with Crippen molar-refractivity contribution in [2.24, 2.45) is 0 Å². The van der Waals surface area contributed by atoms with Crippen molar-refractivity contribution in [2.45, 2.75) is 5.76 Å². The van der Waals surface area contributed by atoms with Crippen LogP contribution in [0.5, 0.6) is 0 Å². The number of hydrogen-bond acceptors (Lipinski definition) is 4. The summed E-state index contributed by atoms with van der Waals surface area (Å²) in [5, 5.41) is 0. The molecule has 0 spiro atoms. The lowest BCUT2D eigenvalue weighted by atomic mass is 10.1. The summed E-state index contributed by atoms with van der Waals surface area (Å²) in [7, 11) is -4.60. The molecular formula is C11H9F2NO4S. The number of sulfone groups is 1. The van der Waals surface area contributed by atoms with Crippen molar-refractivity contribution in [3.05, 3.63) is 35.4 Å². The van der Waals surface area contributed by atoms with E-state index in [2.05, 4.69) is 0 Å². The van der Waals surface area contributed by atoms with Gasteiger partial charge < -0.3 is 0 Å². The summed E-state index contributed by atoms with van der Waals surface area (Å²) in [6.07, 6.45) is 0. The Morgan fingerprint density at radius 2 is 1.53 bits per heavy atom. The maximum Gasteiger partial charge on any atom is 0.336 e. The average Bonchev–Trinajstić information content (AvgIpc) is 2.60. The number of halogens is 2. The number of benzene rings is 1. The number of carbonyl (C=O) groups excluding carboxylic acids is 2. The van der Waals surface area contributed by atoms with Gasteiger partial charge in [-0.1, -0.05) is 12.1 Å². The molecule has 2 amide bonds. The van der Waals surface area contributed by atoms with Crippen molar-refractivity contribution in [3.8, 4) is 0 Å². The highest BCUT2D eigenvalue weighted by molar-refractivity contribution is 7.91. The number of imide groups is 1. The molecule has 5 nitrogen and oxygen atoms in total. The molecule has 1 aliphatic rings. The third-order valence-electron chi connectivity index (χ3n) is 2.75. The van der Waals surface area contributed by atoms with E-state index >= 15 is 0 Å². The van der Waals surface area contributed by atoms with Crippen LogP contribution < -0.4 is 0 Å². The smallest absolute Gasteiger partial charge is 0.273 e. The lowest BCUT2D eigenvalue weighted by Gasteiger charge is -2.13. The topological polar surface area (TPSA) is 71.5 Å². The van der Waals surface area contributed by atoms with Crippen LogP contribution in [0.4, 0.5) is 8.78 Å². The SMILES string of the molecule is O=C1c2ccccc2C(=O)N1CCS(=O)(=O)C(F)F. The highest BCUT2D eigenvalue weighted by Gasteiger charge is 2.36. The molecule has 0 N–H and O–H groups in total. The Morgan fingerprint density at radius 3 is 1.95 bits per heavy atom. The Balaban J connectivity index is 2.18. The summed E-state index contributed by atoms with van der Waals surface area (Å²) in [5.41, 5.74) is 0.309. The summed E-state index contributed by atoms with van der Waals surface area (Å²) >= 11 is 0. The molecule has 0 saturated heterocycles. The van der Waals surface area contributed by atoms with Gasteiger partial charge in [-0.2, -0.15) is 8.78 Å². The number of fused-ring (bicyclic) bond motifs is 1. The van der Waals surface area contributed by atoms with Gasteiger partial charge in [0.1, 0.15) is 0 Å². The second-order valence-corrected chi connectivity index (χ2v) is 6.03. The molecule has 8 heteroatoms. The Kier molecular flexibility index (Phi) is 3.36. The highest BCUT2D eigenvalue weighted by atomic mass is 32.2. The summed E-state index contributed by atoms with van der Waals surface area (Å²) in [5.74, 6) is -5.78. The molecule has 0 unspecified atom stereocenters. The van der Waals surface area contributed by atoms with Gasteiger partial charge in [0.25, 0.3) is 11.8 Å². The van der Waals surface area contributed by atoms with Gasteiger partial charge in [-0.3, -0.25) is 14.5 Å². The van der Waals surface area contributed by atoms with Crippen LogP contribution in [-0.2, 0) is 9.84 Å². The molecule has 1 aliphatic heterocycles. The van der Waals surface area contributed by atoms with Crippen molar-refractivity contribution in [1.29, 1.82) is 0 Å². The van der Waals surface area contributed by atoms with Gasteiger partial charge in [0, 0.05) is 6.54 Å². The normalized spacial score (nSPS) is 15.2. The monoisotopic (exact) mass is 289 g/mol. The first kappa shape index (κ1) is 13.6. The number of nitrogens with zero attached hydrogens (tertiary/aromatic N) is 1. The molecule has 19 heavy (non-hydrogen) atoms. The van der Waals surface area contributed by atoms with Gasteiger partial charge in [-0.25, -0.2) is 8.42 Å². The number of amides is 2. The van der Waals surface area contributed by atoms with Gasteiger partial charge in [0.2, 0.25) is 9.84 Å². The molecule has 0 aromatic heterocycles. The van der Waals surface area contributed by atoms with Crippen LogP contribution in [0, 0.1) is 0 Å². The molecule has 0 aliphatic carbocycles. The predicted molar refractivity (Wildman–Crippen MR) is 61.6 cm³/mol. The van der Waals surface area contributed by atoms with Crippen LogP contribution in [0.3, 0.4) is 0 Å². The molecule has 0 saturated carbocycles. The van der Waals surface area contributed by atoms with Crippen molar-refractivity contribution in [2.75, 3.05) is 12.3 Å². The third kappa shape index (κ3) is 2.35. The summed E-state index contributed by atoms with van der Waals surface area (Å²) < 4.78 is 46.3. The van der Waals surface area contributed by atoms with Gasteiger partial charge in [0.15, 0.2) is 0 Å². The highest BCUT2D eigenvalue weighted by Crippen LogP contribution is 2.22. The van der Waals surface area contributed by atoms with E-state index in [0.717, 1.165) is 0 Å². The molecule has 1 aromatic carbocycles. The zero-order valence-corrected chi connectivity index (χ0v) is 10.4. The first-order valence-corrected chi connectivity index (χ1v) is 7.01. The fraction of sp³-hybridized carbons (Fsp3) is 0.273. The fourth-order valence-electron chi connectivity index (χ4n) is 1.75. The minimum Gasteiger partial charge on any atom is -0.273 e. The Bertz CT molecular complexity index is 607. The van der Waals surface area contributed by atoms with E-state index in [4.69, 9.17) is 0 Å². The maximum absolute atomic E-state index is 12.2. The first-order valence-electron chi connectivity index (χ1n) is 5.29. The first-order chi connectivity index (χ1) is 8.84. The maximum atomic E-state index is 12.2. The standard InChI is InChI=1S/C11H9F2NO4S/c12-11(13)19(17,18)6-5-14-9(15)7-3-1-2-4-8(7)10(14)16/h1-4,11H,5-6H2. The molecule has 0 fully saturated rings. The fourth-order valence-corrected chi connectivity index (χ4v) is 2.37. The molecule has 0 bridgehead atoms. The van der Waals surface area contributed by atoms with E-state index in [0.29, 0.717) is 4.90 Å². The van der Waals surface area contributed by atoms with Crippen LogP contribution in [0.1, 0.15) is 20.7 Å². The van der Waals surface area contributed by atoms with Crippen LogP contribution in [0.25, 0.3) is 0 Å². The average molecular weight is 289 g/mol. The molecule has 1 heterocycles. The van der Waals surface area contributed by atoms with E-state index in [1.54, 1.807) is 12.1 Å². The molecule has 0 atom stereocenters. The molecular weight excluding hydrogens is 280 g/mol. The minimum absolute atomic E-state index is 0.155. The van der Waals surface area contributed by atoms with Crippen LogP contribution in [0.2, 0.25) is 0 Å². The number of rotatable bonds is 4.